The fraction of sp³-hybridized carbons (Fsp3) is 0.722. The minimum Gasteiger partial charge on any atom is -0.408 e. The van der Waals surface area contributed by atoms with E-state index >= 15 is 0 Å². The third-order valence-electron chi connectivity index (χ3n) is 6.27. The Bertz CT molecular complexity index is 1070. The van der Waals surface area contributed by atoms with Gasteiger partial charge in [-0.1, -0.05) is 20.8 Å². The first kappa shape index (κ1) is 25.8. The van der Waals surface area contributed by atoms with Gasteiger partial charge in [-0.05, 0) is 18.1 Å². The molecule has 2 saturated heterocycles. The molecule has 2 aromatic rings. The second-order valence-electron chi connectivity index (χ2n) is 9.60. The number of aliphatic hydroxyl groups excluding tert-OH is 1. The van der Waals surface area contributed by atoms with Crippen LogP contribution < -0.4 is 11.3 Å². The van der Waals surface area contributed by atoms with Gasteiger partial charge in [0.1, 0.15) is 24.9 Å². The van der Waals surface area contributed by atoms with E-state index in [1.54, 1.807) is 22.8 Å². The first-order valence-electron chi connectivity index (χ1n) is 10.6. The largest absolute Gasteiger partial charge is 0.408 e. The second kappa shape index (κ2) is 9.29. The number of aliphatic hydroxyl groups is 1. The molecule has 4 atom stereocenters. The Morgan fingerprint density at radius 3 is 2.73 bits per heavy atom. The van der Waals surface area contributed by atoms with Crippen molar-refractivity contribution in [2.24, 2.45) is 0 Å². The second-order valence-corrected chi connectivity index (χ2v) is 25.5. The van der Waals surface area contributed by atoms with E-state index in [-0.39, 0.29) is 28.8 Å². The Kier molecular flexibility index (Phi) is 7.25. The average molecular weight is 553 g/mol. The van der Waals surface area contributed by atoms with Gasteiger partial charge in [-0.25, -0.2) is 4.98 Å². The molecule has 0 unspecified atom stereocenters. The fourth-order valence-electron chi connectivity index (χ4n) is 3.46. The van der Waals surface area contributed by atoms with Gasteiger partial charge in [-0.3, -0.25) is 14.3 Å². The molecule has 33 heavy (non-hydrogen) atoms. The lowest BCUT2D eigenvalue weighted by Gasteiger charge is -2.39. The molecular formula is C18H31N5O5PS3Si+. The molecule has 0 bridgehead atoms. The molecule has 10 nitrogen and oxygen atoms in total. The molecule has 2 fully saturated rings. The van der Waals surface area contributed by atoms with Gasteiger partial charge in [-0.15, -0.1) is 0 Å². The number of rotatable bonds is 6. The van der Waals surface area contributed by atoms with Crippen LogP contribution in [0.5, 0.6) is 0 Å². The van der Waals surface area contributed by atoms with Gasteiger partial charge in [0.05, 0.1) is 41.3 Å². The van der Waals surface area contributed by atoms with Crippen LogP contribution in [-0.4, -0.2) is 69.4 Å². The summed E-state index contributed by atoms with van der Waals surface area (Å²) >= 11 is 8.26. The van der Waals surface area contributed by atoms with Crippen molar-refractivity contribution in [2.75, 3.05) is 23.8 Å². The third kappa shape index (κ3) is 5.14. The van der Waals surface area contributed by atoms with E-state index in [0.29, 0.717) is 0 Å². The number of hydrogen-bond donors (Lipinski definition) is 4. The molecule has 0 radical (unpaired) electrons. The van der Waals surface area contributed by atoms with Crippen LogP contribution in [0.4, 0.5) is 5.95 Å². The zero-order chi connectivity index (χ0) is 24.2. The third-order valence-corrected chi connectivity index (χ3v) is 20.9. The summed E-state index contributed by atoms with van der Waals surface area (Å²) in [4.78, 5) is 23.0. The minimum absolute atomic E-state index is 0.0345. The number of thiol groups is 1. The molecule has 0 saturated carbocycles. The van der Waals surface area contributed by atoms with Crippen molar-refractivity contribution in [1.29, 1.82) is 0 Å². The monoisotopic (exact) mass is 552 g/mol. The zero-order valence-corrected chi connectivity index (χ0v) is 23.6. The van der Waals surface area contributed by atoms with Crippen LogP contribution in [-0.2, 0) is 13.7 Å². The molecule has 0 aliphatic carbocycles. The molecule has 4 heterocycles. The highest BCUT2D eigenvalue weighted by molar-refractivity contribution is 9.15. The van der Waals surface area contributed by atoms with Crippen LogP contribution in [0.15, 0.2) is 11.1 Å². The molecule has 15 heteroatoms. The lowest BCUT2D eigenvalue weighted by atomic mass is 10.1. The number of H-pyrrole nitrogens is 1. The molecule has 184 valence electrons. The van der Waals surface area contributed by atoms with Gasteiger partial charge in [0.15, 0.2) is 25.7 Å². The quantitative estimate of drug-likeness (QED) is 0.239. The Morgan fingerprint density at radius 2 is 2.09 bits per heavy atom. The average Bonchev–Trinajstić information content (AvgIpc) is 3.39. The highest BCUT2D eigenvalue weighted by Crippen LogP contribution is 2.87. The van der Waals surface area contributed by atoms with Crippen LogP contribution >= 0.6 is 40.1 Å². The highest BCUT2D eigenvalue weighted by Gasteiger charge is 2.53. The van der Waals surface area contributed by atoms with Crippen LogP contribution in [0.1, 0.15) is 27.0 Å². The number of aromatic nitrogens is 4. The summed E-state index contributed by atoms with van der Waals surface area (Å²) in [6.07, 6.45) is -1.59. The standard InChI is InChI=1S/C18H30N5O5PS3Si/c1-18(2,3)33(4,5)28-13-10(8-26-29(30)31-6-7-32-29)27-16(12(13)24)23-9-20-11-14(23)21-17(19)22-15(11)25/h9-10,12-13,16,24,30H,6-8H2,1-5H3,(H2-,19,21,22,25)/p+1/t10-,12-,13-,16-/m1/s1. The van der Waals surface area contributed by atoms with Crippen molar-refractivity contribution < 1.29 is 18.8 Å². The van der Waals surface area contributed by atoms with Gasteiger partial charge in [0, 0.05) is 11.5 Å². The van der Waals surface area contributed by atoms with E-state index in [0.717, 1.165) is 11.5 Å². The number of fused-ring (bicyclic) bond motifs is 1. The van der Waals surface area contributed by atoms with E-state index < -0.39 is 43.5 Å². The molecular weight excluding hydrogens is 521 g/mol. The molecule has 4 N–H and O–H groups in total. The molecule has 2 aliphatic heterocycles. The van der Waals surface area contributed by atoms with Crippen LogP contribution in [0, 0.1) is 0 Å². The summed E-state index contributed by atoms with van der Waals surface area (Å²) in [7, 11) is -2.25. The highest BCUT2D eigenvalue weighted by atomic mass is 33.4. The first-order valence-corrected chi connectivity index (χ1v) is 19.6. The van der Waals surface area contributed by atoms with Crippen molar-refractivity contribution in [2.45, 2.75) is 63.4 Å². The SMILES string of the molecule is CC(C)(C)[Si](C)(C)O[C@H]1[C@@H](O)[C@H](n2cnc3c(=O)[nH]c(N)nc32)O[C@@H]1CO[P+]1(S)SCCS1. The summed E-state index contributed by atoms with van der Waals surface area (Å²) in [6, 6.07) is 0. The predicted molar refractivity (Wildman–Crippen MR) is 141 cm³/mol. The number of ether oxygens (including phenoxy) is 1. The lowest BCUT2D eigenvalue weighted by Crippen LogP contribution is -2.49. The number of anilines is 1. The molecule has 0 spiro atoms. The lowest BCUT2D eigenvalue weighted by molar-refractivity contribution is -0.0456. The molecule has 0 amide bonds. The maximum absolute atomic E-state index is 12.2. The normalized spacial score (nSPS) is 28.1. The number of nitrogens with two attached hydrogens (primary N) is 1. The van der Waals surface area contributed by atoms with Crippen LogP contribution in [0.3, 0.4) is 0 Å². The summed E-state index contributed by atoms with van der Waals surface area (Å²) in [5, 5.41) is 9.41. The Hall–Kier alpha value is -0.313. The van der Waals surface area contributed by atoms with E-state index in [4.69, 9.17) is 31.7 Å². The predicted octanol–water partition coefficient (Wildman–Crippen LogP) is 3.45. The summed E-state index contributed by atoms with van der Waals surface area (Å²) < 4.78 is 20.7. The summed E-state index contributed by atoms with van der Waals surface area (Å²) in [5.41, 5.74) is 5.66. The minimum atomic E-state index is -2.25. The molecule has 0 aromatic carbocycles. The van der Waals surface area contributed by atoms with Crippen molar-refractivity contribution in [3.63, 3.8) is 0 Å². The van der Waals surface area contributed by atoms with Gasteiger partial charge in [0.25, 0.3) is 5.56 Å². The van der Waals surface area contributed by atoms with Crippen LogP contribution in [0.25, 0.3) is 11.2 Å². The first-order chi connectivity index (χ1) is 15.3. The number of nitrogens with zero attached hydrogens (tertiary/aromatic N) is 3. The number of aromatic amines is 1. The maximum atomic E-state index is 12.2. The smallest absolute Gasteiger partial charge is 0.318 e. The number of nitrogens with one attached hydrogen (secondary N) is 1. The molecule has 2 aromatic heterocycles. The van der Waals surface area contributed by atoms with Gasteiger partial charge < -0.3 is 20.0 Å². The summed E-state index contributed by atoms with van der Waals surface area (Å²) in [5.74, 6) is 1.98. The van der Waals surface area contributed by atoms with Gasteiger partial charge in [-0.2, -0.15) is 9.51 Å². The van der Waals surface area contributed by atoms with Gasteiger partial charge >= 0.3 is 5.10 Å². The van der Waals surface area contributed by atoms with Crippen molar-refractivity contribution in [3.8, 4) is 0 Å². The molecule has 2 aliphatic rings. The number of imidazole rings is 1. The Morgan fingerprint density at radius 1 is 1.42 bits per heavy atom. The van der Waals surface area contributed by atoms with Crippen LogP contribution in [0.2, 0.25) is 18.1 Å². The topological polar surface area (TPSA) is 138 Å². The fourth-order valence-corrected chi connectivity index (χ4v) is 13.8. The zero-order valence-electron chi connectivity index (χ0n) is 19.2. The van der Waals surface area contributed by atoms with Gasteiger partial charge in [0.2, 0.25) is 5.95 Å². The van der Waals surface area contributed by atoms with Crippen molar-refractivity contribution >= 4 is 65.5 Å². The van der Waals surface area contributed by atoms with Crippen molar-refractivity contribution in [3.05, 3.63) is 16.7 Å². The van der Waals surface area contributed by atoms with E-state index in [1.807, 2.05) is 0 Å². The Labute approximate surface area is 207 Å². The number of nitrogen functional groups attached to an aromatic ring is 1. The molecule has 4 rings (SSSR count). The Balaban J connectivity index is 1.65. The summed E-state index contributed by atoms with van der Waals surface area (Å²) in [6.45, 7) is 10.9. The van der Waals surface area contributed by atoms with E-state index in [2.05, 4.69) is 48.8 Å². The maximum Gasteiger partial charge on any atom is 0.318 e. The van der Waals surface area contributed by atoms with E-state index in [9.17, 15) is 9.90 Å². The number of hydrogen-bond acceptors (Lipinski definition) is 11. The van der Waals surface area contributed by atoms with Crippen molar-refractivity contribution in [1.82, 2.24) is 19.5 Å². The van der Waals surface area contributed by atoms with E-state index in [1.165, 1.54) is 10.9 Å².